The van der Waals surface area contributed by atoms with Crippen molar-refractivity contribution in [1.82, 2.24) is 0 Å². The maximum Gasteiger partial charge on any atom is 0.0673 e. The Labute approximate surface area is 192 Å². The van der Waals surface area contributed by atoms with Gasteiger partial charge in [-0.15, -0.1) is 0 Å². The second-order valence-corrected chi connectivity index (χ2v) is 11.3. The molecule has 0 saturated heterocycles. The summed E-state index contributed by atoms with van der Waals surface area (Å²) < 4.78 is 0. The first-order valence-electron chi connectivity index (χ1n) is 9.53. The number of anilines is 4. The van der Waals surface area contributed by atoms with E-state index in [1.807, 2.05) is 45.1 Å². The van der Waals surface area contributed by atoms with Gasteiger partial charge in [-0.25, -0.2) is 0 Å². The molecule has 30 heavy (non-hydrogen) atoms. The van der Waals surface area contributed by atoms with Crippen molar-refractivity contribution in [2.45, 2.75) is 29.4 Å². The van der Waals surface area contributed by atoms with E-state index in [2.05, 4.69) is 95.6 Å². The predicted molar refractivity (Wildman–Crippen MR) is 132 cm³/mol. The van der Waals surface area contributed by atoms with Crippen molar-refractivity contribution in [2.24, 2.45) is 0 Å². The van der Waals surface area contributed by atoms with Crippen molar-refractivity contribution < 1.29 is 0 Å². The summed E-state index contributed by atoms with van der Waals surface area (Å²) in [5, 5.41) is 7.29. The Hall–Kier alpha value is -2.12. The maximum atomic E-state index is 3.65. The molecule has 0 bridgehead atoms. The van der Waals surface area contributed by atoms with Gasteiger partial charge in [0.2, 0.25) is 0 Å². The summed E-state index contributed by atoms with van der Waals surface area (Å²) in [4.78, 5) is 7.60. The Bertz CT molecular complexity index is 1170. The zero-order valence-electron chi connectivity index (χ0n) is 15.7. The van der Waals surface area contributed by atoms with E-state index in [-0.39, 0.29) is 0 Å². The van der Waals surface area contributed by atoms with E-state index >= 15 is 0 Å². The molecule has 6 rings (SSSR count). The van der Waals surface area contributed by atoms with Crippen LogP contribution in [-0.2, 0) is 0 Å². The minimum atomic E-state index is 1.18. The summed E-state index contributed by atoms with van der Waals surface area (Å²) in [6, 6.07) is 30.1. The zero-order valence-corrected chi connectivity index (χ0v) is 19.0. The molecule has 0 fully saturated rings. The van der Waals surface area contributed by atoms with E-state index in [0.29, 0.717) is 0 Å². The lowest BCUT2D eigenvalue weighted by Gasteiger charge is -2.24. The van der Waals surface area contributed by atoms with Crippen molar-refractivity contribution in [3.8, 4) is 0 Å². The molecule has 0 atom stereocenters. The summed E-state index contributed by atoms with van der Waals surface area (Å²) in [5.41, 5.74) is 4.77. The Morgan fingerprint density at radius 2 is 0.900 bits per heavy atom. The van der Waals surface area contributed by atoms with Gasteiger partial charge >= 0.3 is 0 Å². The van der Waals surface area contributed by atoms with Crippen molar-refractivity contribution in [1.29, 1.82) is 0 Å². The molecule has 0 unspecified atom stereocenters. The minimum absolute atomic E-state index is 1.18. The highest BCUT2D eigenvalue weighted by Gasteiger charge is 2.21. The lowest BCUT2D eigenvalue weighted by atomic mass is 10.2. The highest BCUT2D eigenvalue weighted by molar-refractivity contribution is 8.76. The van der Waals surface area contributed by atoms with Crippen molar-refractivity contribution in [3.05, 3.63) is 84.9 Å². The van der Waals surface area contributed by atoms with Gasteiger partial charge in [0.15, 0.2) is 0 Å². The lowest BCUT2D eigenvalue weighted by Crippen LogP contribution is -2.01. The highest BCUT2D eigenvalue weighted by atomic mass is 33.1. The maximum absolute atomic E-state index is 3.65. The number of fused-ring (bicyclic) bond motifs is 4. The lowest BCUT2D eigenvalue weighted by molar-refractivity contribution is 1.25. The molecule has 4 aromatic rings. The molecule has 0 aliphatic carbocycles. The van der Waals surface area contributed by atoms with Crippen LogP contribution < -0.4 is 10.6 Å². The van der Waals surface area contributed by atoms with E-state index in [1.165, 1.54) is 52.1 Å². The summed E-state index contributed by atoms with van der Waals surface area (Å²) in [5.74, 6) is 0. The van der Waals surface area contributed by atoms with Gasteiger partial charge in [0.25, 0.3) is 0 Å². The third-order valence-electron chi connectivity index (χ3n) is 4.93. The summed E-state index contributed by atoms with van der Waals surface area (Å²) in [7, 11) is 3.62. The van der Waals surface area contributed by atoms with Gasteiger partial charge in [0, 0.05) is 29.4 Å². The van der Waals surface area contributed by atoms with Gasteiger partial charge < -0.3 is 10.6 Å². The number of hydrogen-bond donors (Lipinski definition) is 2. The van der Waals surface area contributed by atoms with Crippen LogP contribution in [0, 0.1) is 0 Å². The molecule has 2 heterocycles. The Kier molecular flexibility index (Phi) is 4.88. The summed E-state index contributed by atoms with van der Waals surface area (Å²) >= 11 is 3.67. The monoisotopic (exact) mass is 460 g/mol. The Morgan fingerprint density at radius 3 is 1.40 bits per heavy atom. The first-order chi connectivity index (χ1) is 14.8. The van der Waals surface area contributed by atoms with Gasteiger partial charge in [-0.1, -0.05) is 81.5 Å². The number of rotatable bonds is 3. The second kappa shape index (κ2) is 7.85. The molecule has 2 nitrogen and oxygen atoms in total. The molecule has 2 aliphatic heterocycles. The number of hydrogen-bond acceptors (Lipinski definition) is 6. The van der Waals surface area contributed by atoms with Gasteiger partial charge in [-0.05, 0) is 48.5 Å². The van der Waals surface area contributed by atoms with Crippen LogP contribution >= 0.6 is 45.1 Å². The van der Waals surface area contributed by atoms with Gasteiger partial charge in [0.05, 0.1) is 22.7 Å². The smallest absolute Gasteiger partial charge is 0.0673 e. The van der Waals surface area contributed by atoms with Gasteiger partial charge in [-0.3, -0.25) is 0 Å². The highest BCUT2D eigenvalue weighted by Crippen LogP contribution is 2.53. The molecule has 146 valence electrons. The number of para-hydroxylation sites is 4. The van der Waals surface area contributed by atoms with Crippen molar-refractivity contribution in [3.63, 3.8) is 0 Å². The van der Waals surface area contributed by atoms with Crippen LogP contribution in [0.25, 0.3) is 0 Å². The molecule has 0 aromatic heterocycles. The quantitative estimate of drug-likeness (QED) is 0.256. The Balaban J connectivity index is 1.28. The van der Waals surface area contributed by atoms with Crippen molar-refractivity contribution in [2.75, 3.05) is 10.6 Å². The number of benzene rings is 4. The van der Waals surface area contributed by atoms with E-state index < -0.39 is 0 Å². The van der Waals surface area contributed by atoms with Crippen LogP contribution in [0.5, 0.6) is 0 Å². The van der Waals surface area contributed by atoms with Gasteiger partial charge in [-0.2, -0.15) is 0 Å². The number of nitrogens with one attached hydrogen (secondary N) is 2. The van der Waals surface area contributed by atoms with E-state index in [1.54, 1.807) is 0 Å². The largest absolute Gasteiger partial charge is 0.353 e. The fraction of sp³-hybridized carbons (Fsp3) is 0. The fourth-order valence-electron chi connectivity index (χ4n) is 3.49. The zero-order chi connectivity index (χ0) is 19.9. The molecular weight excluding hydrogens is 445 g/mol. The average Bonchev–Trinajstić information content (AvgIpc) is 2.80. The topological polar surface area (TPSA) is 24.1 Å². The molecule has 2 aliphatic rings. The molecule has 6 heteroatoms. The second-order valence-electron chi connectivity index (χ2n) is 6.87. The average molecular weight is 461 g/mol. The van der Waals surface area contributed by atoms with E-state index in [0.717, 1.165) is 0 Å². The predicted octanol–water partition coefficient (Wildman–Crippen LogP) is 8.90. The first kappa shape index (κ1) is 18.6. The molecule has 0 radical (unpaired) electrons. The first-order valence-corrected chi connectivity index (χ1v) is 13.3. The fourth-order valence-corrected chi connectivity index (χ4v) is 7.97. The third kappa shape index (κ3) is 3.38. The standard InChI is InChI=1S/C24H16N2S4/c1-3-9-17-15(7-1)25-23-19(27-17)11-5-13-21(23)29-30-22-14-6-12-20-24(22)26-16-8-2-4-10-18(16)28-20/h1-14,25-26H. The molecule has 0 spiro atoms. The van der Waals surface area contributed by atoms with Crippen LogP contribution in [-0.4, -0.2) is 0 Å². The molecule has 0 saturated carbocycles. The molecule has 0 amide bonds. The van der Waals surface area contributed by atoms with Crippen LogP contribution in [0.2, 0.25) is 0 Å². The molecular formula is C24H16N2S4. The van der Waals surface area contributed by atoms with Crippen LogP contribution in [0.1, 0.15) is 0 Å². The molecule has 4 aromatic carbocycles. The normalized spacial score (nSPS) is 13.2. The van der Waals surface area contributed by atoms with Crippen molar-refractivity contribution >= 4 is 67.9 Å². The van der Waals surface area contributed by atoms with Crippen LogP contribution in [0.4, 0.5) is 22.7 Å². The third-order valence-corrected chi connectivity index (χ3v) is 9.65. The van der Waals surface area contributed by atoms with Crippen LogP contribution in [0.15, 0.2) is 114 Å². The van der Waals surface area contributed by atoms with E-state index in [9.17, 15) is 0 Å². The van der Waals surface area contributed by atoms with Crippen LogP contribution in [0.3, 0.4) is 0 Å². The molecule has 2 N–H and O–H groups in total. The SMILES string of the molecule is c1ccc2c(c1)Nc1c(SSc3cccc4c3Nc3ccccc3S4)cccc1S2. The minimum Gasteiger partial charge on any atom is -0.353 e. The Morgan fingerprint density at radius 1 is 0.467 bits per heavy atom. The summed E-state index contributed by atoms with van der Waals surface area (Å²) in [6.45, 7) is 0. The van der Waals surface area contributed by atoms with Gasteiger partial charge in [0.1, 0.15) is 0 Å². The summed E-state index contributed by atoms with van der Waals surface area (Å²) in [6.07, 6.45) is 0. The van der Waals surface area contributed by atoms with E-state index in [4.69, 9.17) is 0 Å².